The molecule has 2 rings (SSSR count). The molecule has 0 saturated carbocycles. The van der Waals surface area contributed by atoms with E-state index in [1.807, 2.05) is 32.9 Å². The van der Waals surface area contributed by atoms with Crippen molar-refractivity contribution in [3.05, 3.63) is 21.6 Å². The van der Waals surface area contributed by atoms with Crippen molar-refractivity contribution in [1.82, 2.24) is 4.98 Å². The van der Waals surface area contributed by atoms with Crippen LogP contribution in [0.25, 0.3) is 10.2 Å². The number of aromatic nitrogens is 1. The van der Waals surface area contributed by atoms with Gasteiger partial charge in [-0.2, -0.15) is 0 Å². The third kappa shape index (κ3) is 2.53. The third-order valence-corrected chi connectivity index (χ3v) is 4.28. The minimum atomic E-state index is -0.580. The molecule has 1 aromatic carbocycles. The van der Waals surface area contributed by atoms with Gasteiger partial charge in [-0.05, 0) is 33.5 Å². The highest BCUT2D eigenvalue weighted by molar-refractivity contribution is 9.11. The number of fused-ring (bicyclic) bond motifs is 1. The zero-order chi connectivity index (χ0) is 13.5. The van der Waals surface area contributed by atoms with E-state index in [1.54, 1.807) is 7.11 Å². The number of nitrogens with zero attached hydrogens (tertiary/aromatic N) is 1. The summed E-state index contributed by atoms with van der Waals surface area (Å²) in [6.45, 7) is 6.01. The number of halogens is 1. The van der Waals surface area contributed by atoms with E-state index in [0.717, 1.165) is 25.4 Å². The van der Waals surface area contributed by atoms with E-state index in [4.69, 9.17) is 4.74 Å². The Kier molecular flexibility index (Phi) is 3.67. The van der Waals surface area contributed by atoms with E-state index in [0.29, 0.717) is 0 Å². The lowest BCUT2D eigenvalue weighted by molar-refractivity contribution is 0.0636. The largest absolute Gasteiger partial charge is 0.497 e. The van der Waals surface area contributed by atoms with Gasteiger partial charge in [-0.15, -0.1) is 11.3 Å². The molecule has 0 aliphatic heterocycles. The van der Waals surface area contributed by atoms with Gasteiger partial charge in [0.25, 0.3) is 0 Å². The van der Waals surface area contributed by atoms with Gasteiger partial charge in [0, 0.05) is 5.56 Å². The predicted octanol–water partition coefficient (Wildman–Crippen LogP) is 4.15. The van der Waals surface area contributed by atoms with Gasteiger partial charge >= 0.3 is 0 Å². The molecule has 3 nitrogen and oxygen atoms in total. The Morgan fingerprint density at radius 3 is 2.61 bits per heavy atom. The summed E-state index contributed by atoms with van der Waals surface area (Å²) in [4.78, 5) is 4.44. The molecule has 2 aromatic rings. The Bertz CT molecular complexity index is 574. The molecule has 0 radical (unpaired) electrons. The predicted molar refractivity (Wildman–Crippen MR) is 78.3 cm³/mol. The van der Waals surface area contributed by atoms with Crippen LogP contribution >= 0.6 is 27.3 Å². The molecular weight excluding hydrogens is 314 g/mol. The van der Waals surface area contributed by atoms with E-state index in [9.17, 15) is 5.11 Å². The Hall–Kier alpha value is -0.650. The molecule has 18 heavy (non-hydrogen) atoms. The second-order valence-corrected chi connectivity index (χ2v) is 7.61. The fraction of sp³-hybridized carbons (Fsp3) is 0.462. The van der Waals surface area contributed by atoms with E-state index in [2.05, 4.69) is 20.9 Å². The zero-order valence-electron chi connectivity index (χ0n) is 10.8. The van der Waals surface area contributed by atoms with Crippen LogP contribution in [0.1, 0.15) is 32.4 Å². The Morgan fingerprint density at radius 2 is 2.06 bits per heavy atom. The first kappa shape index (κ1) is 13.8. The second-order valence-electron chi connectivity index (χ2n) is 5.30. The molecule has 0 amide bonds. The number of aliphatic hydroxyl groups is 1. The molecule has 1 aromatic heterocycles. The smallest absolute Gasteiger partial charge is 0.160 e. The van der Waals surface area contributed by atoms with E-state index >= 15 is 0 Å². The van der Waals surface area contributed by atoms with Gasteiger partial charge in [-0.3, -0.25) is 0 Å². The summed E-state index contributed by atoms with van der Waals surface area (Å²) in [5.74, 6) is 0.747. The van der Waals surface area contributed by atoms with Crippen LogP contribution in [0.3, 0.4) is 0 Å². The maximum atomic E-state index is 10.5. The van der Waals surface area contributed by atoms with Gasteiger partial charge in [0.15, 0.2) is 3.92 Å². The van der Waals surface area contributed by atoms with Crippen LogP contribution in [-0.2, 0) is 0 Å². The number of methoxy groups -OCH3 is 1. The van der Waals surface area contributed by atoms with Gasteiger partial charge in [-0.25, -0.2) is 4.98 Å². The molecule has 0 fully saturated rings. The van der Waals surface area contributed by atoms with Crippen molar-refractivity contribution in [1.29, 1.82) is 0 Å². The summed E-state index contributed by atoms with van der Waals surface area (Å²) in [5, 5.41) is 10.5. The number of hydrogen-bond donors (Lipinski definition) is 1. The topological polar surface area (TPSA) is 42.4 Å². The summed E-state index contributed by atoms with van der Waals surface area (Å²) in [5.41, 5.74) is 1.42. The number of ether oxygens (including phenoxy) is 1. The van der Waals surface area contributed by atoms with Crippen LogP contribution in [0.15, 0.2) is 16.0 Å². The SMILES string of the molecule is COc1cc(C(O)C(C)(C)C)c2nc(Br)sc2c1. The Labute approximate surface area is 119 Å². The van der Waals surface area contributed by atoms with Crippen molar-refractivity contribution in [3.8, 4) is 5.75 Å². The van der Waals surface area contributed by atoms with Crippen molar-refractivity contribution < 1.29 is 9.84 Å². The quantitative estimate of drug-likeness (QED) is 0.900. The first-order chi connectivity index (χ1) is 8.32. The molecule has 0 aliphatic rings. The van der Waals surface area contributed by atoms with E-state index in [1.165, 1.54) is 11.3 Å². The average molecular weight is 330 g/mol. The number of aliphatic hydroxyl groups excluding tert-OH is 1. The van der Waals surface area contributed by atoms with Gasteiger partial charge in [0.2, 0.25) is 0 Å². The number of hydrogen-bond acceptors (Lipinski definition) is 4. The lowest BCUT2D eigenvalue weighted by Gasteiger charge is -2.26. The first-order valence-electron chi connectivity index (χ1n) is 5.65. The van der Waals surface area contributed by atoms with Gasteiger partial charge in [0.05, 0.1) is 23.4 Å². The van der Waals surface area contributed by atoms with Crippen LogP contribution in [0.5, 0.6) is 5.75 Å². The number of benzene rings is 1. The zero-order valence-corrected chi connectivity index (χ0v) is 13.2. The van der Waals surface area contributed by atoms with Gasteiger partial charge in [0.1, 0.15) is 5.75 Å². The lowest BCUT2D eigenvalue weighted by Crippen LogP contribution is -2.18. The van der Waals surface area contributed by atoms with Crippen molar-refractivity contribution in [2.24, 2.45) is 5.41 Å². The molecule has 5 heteroatoms. The Morgan fingerprint density at radius 1 is 1.39 bits per heavy atom. The maximum absolute atomic E-state index is 10.5. The highest BCUT2D eigenvalue weighted by Crippen LogP contribution is 2.40. The molecule has 1 atom stereocenters. The van der Waals surface area contributed by atoms with E-state index < -0.39 is 6.10 Å². The second kappa shape index (κ2) is 4.79. The van der Waals surface area contributed by atoms with Crippen molar-refractivity contribution in [2.45, 2.75) is 26.9 Å². The van der Waals surface area contributed by atoms with Gasteiger partial charge in [-0.1, -0.05) is 20.8 Å². The summed E-state index contributed by atoms with van der Waals surface area (Å²) >= 11 is 4.93. The molecule has 1 heterocycles. The maximum Gasteiger partial charge on any atom is 0.160 e. The van der Waals surface area contributed by atoms with Crippen molar-refractivity contribution in [2.75, 3.05) is 7.11 Å². The molecule has 0 saturated heterocycles. The number of thiazole rings is 1. The van der Waals surface area contributed by atoms with Crippen molar-refractivity contribution in [3.63, 3.8) is 0 Å². The van der Waals surface area contributed by atoms with Crippen LogP contribution in [0, 0.1) is 5.41 Å². The minimum absolute atomic E-state index is 0.241. The van der Waals surface area contributed by atoms with Crippen molar-refractivity contribution >= 4 is 37.5 Å². The molecule has 0 spiro atoms. The van der Waals surface area contributed by atoms with Crippen LogP contribution in [0.4, 0.5) is 0 Å². The van der Waals surface area contributed by atoms with Gasteiger partial charge < -0.3 is 9.84 Å². The summed E-state index contributed by atoms with van der Waals surface area (Å²) < 4.78 is 7.11. The molecule has 98 valence electrons. The first-order valence-corrected chi connectivity index (χ1v) is 7.26. The fourth-order valence-corrected chi connectivity index (χ4v) is 3.25. The number of rotatable bonds is 2. The highest BCUT2D eigenvalue weighted by atomic mass is 79.9. The third-order valence-electron chi connectivity index (χ3n) is 2.82. The summed E-state index contributed by atoms with van der Waals surface area (Å²) in [6, 6.07) is 3.81. The van der Waals surface area contributed by atoms with Crippen LogP contribution < -0.4 is 4.74 Å². The van der Waals surface area contributed by atoms with Crippen LogP contribution in [0.2, 0.25) is 0 Å². The Balaban J connectivity index is 2.67. The normalized spacial score (nSPS) is 13.9. The fourth-order valence-electron chi connectivity index (χ4n) is 1.79. The molecule has 1 unspecified atom stereocenters. The molecular formula is C13H16BrNO2S. The lowest BCUT2D eigenvalue weighted by atomic mass is 9.84. The summed E-state index contributed by atoms with van der Waals surface area (Å²) in [6.07, 6.45) is -0.580. The van der Waals surface area contributed by atoms with Crippen LogP contribution in [-0.4, -0.2) is 17.2 Å². The summed E-state index contributed by atoms with van der Waals surface area (Å²) in [7, 11) is 1.63. The molecule has 1 N–H and O–H groups in total. The standard InChI is InChI=1S/C13H16BrNO2S/c1-13(2,3)11(16)8-5-7(17-4)6-9-10(8)15-12(14)18-9/h5-6,11,16H,1-4H3. The highest BCUT2D eigenvalue weighted by Gasteiger charge is 2.27. The van der Waals surface area contributed by atoms with E-state index in [-0.39, 0.29) is 5.41 Å². The minimum Gasteiger partial charge on any atom is -0.497 e. The molecule has 0 bridgehead atoms. The monoisotopic (exact) mass is 329 g/mol. The average Bonchev–Trinajstić information content (AvgIpc) is 2.65. The molecule has 0 aliphatic carbocycles.